The normalized spacial score (nSPS) is 16.0. The third-order valence-electron chi connectivity index (χ3n) is 5.45. The molecule has 0 aliphatic carbocycles. The molecule has 4 atom stereocenters. The Labute approximate surface area is 190 Å². The van der Waals surface area contributed by atoms with Gasteiger partial charge in [0.2, 0.25) is 18.1 Å². The van der Waals surface area contributed by atoms with Gasteiger partial charge in [-0.25, -0.2) is 0 Å². The first kappa shape index (κ1) is 30.2. The Kier molecular flexibility index (Phi) is 15.1. The lowest BCUT2D eigenvalue weighted by atomic mass is 9.87. The number of imide groups is 1. The number of hydrogen-bond donors (Lipinski definition) is 6. The Morgan fingerprint density at radius 2 is 1.06 bits per heavy atom. The Morgan fingerprint density at radius 1 is 0.719 bits per heavy atom. The van der Waals surface area contributed by atoms with E-state index in [0.717, 1.165) is 6.92 Å². The van der Waals surface area contributed by atoms with E-state index in [1.54, 1.807) is 6.29 Å². The van der Waals surface area contributed by atoms with Gasteiger partial charge >= 0.3 is 0 Å². The highest BCUT2D eigenvalue weighted by molar-refractivity contribution is 6.14. The second-order valence-electron chi connectivity index (χ2n) is 8.22. The predicted octanol–water partition coefficient (Wildman–Crippen LogP) is -1.85. The third-order valence-corrected chi connectivity index (χ3v) is 5.45. The highest BCUT2D eigenvalue weighted by atomic mass is 16.2. The zero-order valence-electron chi connectivity index (χ0n) is 19.3. The zero-order chi connectivity index (χ0) is 24.7. The van der Waals surface area contributed by atoms with Crippen molar-refractivity contribution in [2.75, 3.05) is 19.6 Å². The zero-order valence-corrected chi connectivity index (χ0v) is 19.3. The van der Waals surface area contributed by atoms with Crippen LogP contribution in [0.5, 0.6) is 0 Å². The lowest BCUT2D eigenvalue weighted by Crippen LogP contribution is -2.67. The summed E-state index contributed by atoms with van der Waals surface area (Å²) >= 11 is 0. The van der Waals surface area contributed by atoms with Crippen LogP contribution in [0.4, 0.5) is 0 Å². The van der Waals surface area contributed by atoms with Gasteiger partial charge in [-0.2, -0.15) is 0 Å². The van der Waals surface area contributed by atoms with Crippen LogP contribution >= 0.6 is 0 Å². The van der Waals surface area contributed by atoms with Crippen molar-refractivity contribution in [3.63, 3.8) is 0 Å². The summed E-state index contributed by atoms with van der Waals surface area (Å²) in [7, 11) is 0. The second kappa shape index (κ2) is 15.9. The second-order valence-corrected chi connectivity index (χ2v) is 8.22. The predicted molar refractivity (Wildman–Crippen MR) is 124 cm³/mol. The van der Waals surface area contributed by atoms with Crippen LogP contribution in [-0.2, 0) is 19.2 Å². The highest BCUT2D eigenvalue weighted by Gasteiger charge is 2.50. The monoisotopic (exact) mass is 456 g/mol. The number of unbranched alkanes of at least 4 members (excludes halogenated alkanes) is 3. The van der Waals surface area contributed by atoms with E-state index in [2.05, 4.69) is 0 Å². The Morgan fingerprint density at radius 3 is 1.38 bits per heavy atom. The number of nitrogens with two attached hydrogens (primary N) is 6. The van der Waals surface area contributed by atoms with Crippen molar-refractivity contribution in [1.29, 1.82) is 0 Å². The number of hydrogen-bond acceptors (Lipinski definition) is 10. The minimum absolute atomic E-state index is 0.230. The number of carbonyl (C=O) groups is 3. The number of rotatable bonds is 18. The van der Waals surface area contributed by atoms with Gasteiger partial charge in [-0.05, 0) is 65.1 Å². The fraction of sp³-hybridized carbons (Fsp3) is 0.810. The summed E-state index contributed by atoms with van der Waals surface area (Å²) in [6.45, 7) is 2.42. The molecule has 2 amide bonds. The van der Waals surface area contributed by atoms with Crippen LogP contribution in [0.2, 0.25) is 0 Å². The number of Topliss-reactive ketones (excluding diaryl/α,β-unsaturated/α-hetero) is 1. The molecule has 0 spiro atoms. The number of carbonyl (C=O) groups excluding carboxylic acids is 4. The molecule has 1 radical (unpaired) electrons. The van der Waals surface area contributed by atoms with Gasteiger partial charge in [0.05, 0.1) is 18.1 Å². The molecule has 0 rings (SSSR count). The molecule has 0 aromatic carbocycles. The Bertz CT molecular complexity index is 577. The van der Waals surface area contributed by atoms with Crippen molar-refractivity contribution >= 4 is 23.9 Å². The molecular weight excluding hydrogens is 414 g/mol. The van der Waals surface area contributed by atoms with Crippen molar-refractivity contribution in [2.24, 2.45) is 34.4 Å². The lowest BCUT2D eigenvalue weighted by Gasteiger charge is -2.38. The average molecular weight is 457 g/mol. The quantitative estimate of drug-likeness (QED) is 0.0995. The van der Waals surface area contributed by atoms with Gasteiger partial charge in [-0.15, -0.1) is 0 Å². The van der Waals surface area contributed by atoms with Crippen molar-refractivity contribution in [1.82, 2.24) is 4.90 Å². The molecule has 4 unspecified atom stereocenters. The molecule has 0 fully saturated rings. The van der Waals surface area contributed by atoms with Crippen LogP contribution in [0.1, 0.15) is 64.7 Å². The van der Waals surface area contributed by atoms with Crippen molar-refractivity contribution in [3.05, 3.63) is 0 Å². The van der Waals surface area contributed by atoms with Gasteiger partial charge < -0.3 is 34.4 Å². The first-order chi connectivity index (χ1) is 15.1. The van der Waals surface area contributed by atoms with Crippen LogP contribution in [-0.4, -0.2) is 72.1 Å². The fourth-order valence-electron chi connectivity index (χ4n) is 3.35. The SMILES string of the molecule is CC([C]=O)(C(=O)C(N)CCCCN)N(C(=O)C(N)CCCCN)C(=O)C(N)CCCCN. The van der Waals surface area contributed by atoms with E-state index >= 15 is 0 Å². The van der Waals surface area contributed by atoms with E-state index in [0.29, 0.717) is 63.1 Å². The standard InChI is InChI=1S/C21H42N7O4/c1-21(14-29,18(30)15(25)8-2-5-11-22)28(19(31)16(26)9-3-6-12-23)20(32)17(27)10-4-7-13-24/h15-17H,2-13,22-27H2,1H3. The molecular formula is C21H42N7O4. The maximum absolute atomic E-state index is 13.2. The van der Waals surface area contributed by atoms with Crippen LogP contribution < -0.4 is 34.4 Å². The van der Waals surface area contributed by atoms with Crippen LogP contribution in [0.15, 0.2) is 0 Å². The van der Waals surface area contributed by atoms with Gasteiger partial charge in [0.25, 0.3) is 0 Å². The smallest absolute Gasteiger partial charge is 0.247 e. The summed E-state index contributed by atoms with van der Waals surface area (Å²) in [5.41, 5.74) is 32.2. The van der Waals surface area contributed by atoms with E-state index < -0.39 is 41.3 Å². The summed E-state index contributed by atoms with van der Waals surface area (Å²) in [6, 6.07) is -3.32. The molecule has 0 bridgehead atoms. The average Bonchev–Trinajstić information content (AvgIpc) is 2.78. The van der Waals surface area contributed by atoms with Crippen LogP contribution in [0.25, 0.3) is 0 Å². The van der Waals surface area contributed by atoms with Crippen molar-refractivity contribution in [2.45, 2.75) is 88.4 Å². The fourth-order valence-corrected chi connectivity index (χ4v) is 3.35. The van der Waals surface area contributed by atoms with Crippen molar-refractivity contribution < 1.29 is 19.2 Å². The topological polar surface area (TPSA) is 228 Å². The van der Waals surface area contributed by atoms with E-state index in [9.17, 15) is 19.2 Å². The third kappa shape index (κ3) is 9.00. The van der Waals surface area contributed by atoms with Crippen molar-refractivity contribution in [3.8, 4) is 0 Å². The molecule has 185 valence electrons. The first-order valence-corrected chi connectivity index (χ1v) is 11.3. The maximum Gasteiger partial charge on any atom is 0.247 e. The number of ketones is 1. The summed E-state index contributed by atoms with van der Waals surface area (Å²) in [5.74, 6) is -2.53. The number of amides is 2. The largest absolute Gasteiger partial charge is 0.330 e. The molecule has 0 saturated heterocycles. The molecule has 0 saturated carbocycles. The summed E-state index contributed by atoms with van der Waals surface area (Å²) in [6.07, 6.45) is 5.84. The molecule has 0 aromatic rings. The van der Waals surface area contributed by atoms with E-state index in [4.69, 9.17) is 34.4 Å². The molecule has 11 nitrogen and oxygen atoms in total. The van der Waals surface area contributed by atoms with Gasteiger partial charge in [0, 0.05) is 0 Å². The molecule has 32 heavy (non-hydrogen) atoms. The van der Waals surface area contributed by atoms with Crippen LogP contribution in [0, 0.1) is 0 Å². The van der Waals surface area contributed by atoms with Gasteiger partial charge in [-0.3, -0.25) is 24.1 Å². The maximum atomic E-state index is 13.2. The summed E-state index contributed by atoms with van der Waals surface area (Å²) < 4.78 is 0. The minimum Gasteiger partial charge on any atom is -0.330 e. The highest BCUT2D eigenvalue weighted by Crippen LogP contribution is 2.22. The minimum atomic E-state index is -2.24. The van der Waals surface area contributed by atoms with E-state index in [1.165, 1.54) is 0 Å². The molecule has 0 aliphatic rings. The summed E-state index contributed by atoms with van der Waals surface area (Å²) in [4.78, 5) is 52.1. The van der Waals surface area contributed by atoms with Gasteiger partial charge in [0.1, 0.15) is 0 Å². The molecule has 0 heterocycles. The van der Waals surface area contributed by atoms with E-state index in [1.807, 2.05) is 0 Å². The van der Waals surface area contributed by atoms with Gasteiger partial charge in [-0.1, -0.05) is 19.3 Å². The Balaban J connectivity index is 5.91. The van der Waals surface area contributed by atoms with E-state index in [-0.39, 0.29) is 19.3 Å². The first-order valence-electron chi connectivity index (χ1n) is 11.3. The number of nitrogens with zero attached hydrogens (tertiary/aromatic N) is 1. The molecule has 0 aromatic heterocycles. The lowest BCUT2D eigenvalue weighted by molar-refractivity contribution is -0.156. The molecule has 0 aliphatic heterocycles. The van der Waals surface area contributed by atoms with Gasteiger partial charge in [0.15, 0.2) is 11.3 Å². The molecule has 11 heteroatoms. The Hall–Kier alpha value is -1.76. The van der Waals surface area contributed by atoms with Crippen LogP contribution in [0.3, 0.4) is 0 Å². The molecule has 12 N–H and O–H groups in total. The summed E-state index contributed by atoms with van der Waals surface area (Å²) in [5, 5.41) is 0.